The van der Waals surface area contributed by atoms with Crippen molar-refractivity contribution in [2.75, 3.05) is 4.72 Å². The van der Waals surface area contributed by atoms with Gasteiger partial charge in [-0.2, -0.15) is 10.2 Å². The third-order valence-corrected chi connectivity index (χ3v) is 6.99. The Balaban J connectivity index is 1.49. The highest BCUT2D eigenvalue weighted by Crippen LogP contribution is 2.24. The lowest BCUT2D eigenvalue weighted by Crippen LogP contribution is -2.19. The molecule has 1 aromatic heterocycles. The van der Waals surface area contributed by atoms with E-state index in [0.717, 1.165) is 5.69 Å². The number of nitrogens with zero attached hydrogens (tertiary/aromatic N) is 3. The number of amides is 1. The second kappa shape index (κ2) is 10.3. The zero-order valence-corrected chi connectivity index (χ0v) is 20.6. The van der Waals surface area contributed by atoms with E-state index in [2.05, 4.69) is 20.3 Å². The minimum Gasteiger partial charge on any atom is -0.278 e. The Labute approximate surface area is 212 Å². The van der Waals surface area contributed by atoms with Gasteiger partial charge >= 0.3 is 0 Å². The molecular formula is C24H19Cl2N5O3S. The van der Waals surface area contributed by atoms with Gasteiger partial charge in [-0.3, -0.25) is 9.52 Å². The molecule has 0 aliphatic carbocycles. The van der Waals surface area contributed by atoms with Crippen molar-refractivity contribution in [2.24, 2.45) is 5.10 Å². The van der Waals surface area contributed by atoms with Gasteiger partial charge in [0.05, 0.1) is 38.8 Å². The summed E-state index contributed by atoms with van der Waals surface area (Å²) in [6.07, 6.45) is 1.39. The lowest BCUT2D eigenvalue weighted by molar-refractivity contribution is 0.0955. The molecule has 0 unspecified atom stereocenters. The zero-order chi connectivity index (χ0) is 25.0. The Morgan fingerprint density at radius 2 is 1.71 bits per heavy atom. The predicted molar refractivity (Wildman–Crippen MR) is 137 cm³/mol. The van der Waals surface area contributed by atoms with Crippen molar-refractivity contribution in [3.63, 3.8) is 0 Å². The summed E-state index contributed by atoms with van der Waals surface area (Å²) in [5.41, 5.74) is 4.67. The van der Waals surface area contributed by atoms with E-state index in [-0.39, 0.29) is 21.2 Å². The molecule has 2 N–H and O–H groups in total. The van der Waals surface area contributed by atoms with Crippen LogP contribution in [0.2, 0.25) is 10.2 Å². The Bertz CT molecular complexity index is 1520. The van der Waals surface area contributed by atoms with E-state index < -0.39 is 15.9 Å². The molecule has 0 fully saturated rings. The number of aryl methyl sites for hydroxylation is 1. The first-order valence-electron chi connectivity index (χ1n) is 10.3. The number of halogens is 2. The van der Waals surface area contributed by atoms with Gasteiger partial charge in [-0.1, -0.05) is 59.6 Å². The van der Waals surface area contributed by atoms with E-state index in [1.54, 1.807) is 29.8 Å². The molecule has 0 aliphatic heterocycles. The molecule has 1 amide bonds. The molecular weight excluding hydrogens is 509 g/mol. The Kier molecular flexibility index (Phi) is 7.20. The molecule has 178 valence electrons. The fourth-order valence-electron chi connectivity index (χ4n) is 3.17. The van der Waals surface area contributed by atoms with Gasteiger partial charge in [0.2, 0.25) is 0 Å². The molecule has 0 bridgehead atoms. The smallest absolute Gasteiger partial charge is 0.271 e. The monoisotopic (exact) mass is 527 g/mol. The number of para-hydroxylation sites is 2. The van der Waals surface area contributed by atoms with Gasteiger partial charge in [0.1, 0.15) is 5.15 Å². The number of hydrogen-bond donors (Lipinski definition) is 2. The number of carbonyl (C=O) groups is 1. The molecule has 4 aromatic rings. The molecule has 0 aliphatic rings. The first kappa shape index (κ1) is 24.5. The van der Waals surface area contributed by atoms with E-state index in [9.17, 15) is 13.2 Å². The highest BCUT2D eigenvalue weighted by atomic mass is 35.5. The maximum atomic E-state index is 12.8. The fourth-order valence-corrected chi connectivity index (χ4v) is 4.86. The average Bonchev–Trinajstić information content (AvgIpc) is 3.14. The molecule has 11 heteroatoms. The van der Waals surface area contributed by atoms with Crippen LogP contribution in [-0.4, -0.2) is 30.3 Å². The van der Waals surface area contributed by atoms with Crippen molar-refractivity contribution in [1.29, 1.82) is 0 Å². The summed E-state index contributed by atoms with van der Waals surface area (Å²) in [7, 11) is -3.97. The van der Waals surface area contributed by atoms with Crippen LogP contribution in [0.25, 0.3) is 5.69 Å². The summed E-state index contributed by atoms with van der Waals surface area (Å²) in [6, 6.07) is 21.4. The maximum absolute atomic E-state index is 12.8. The van der Waals surface area contributed by atoms with Crippen molar-refractivity contribution in [2.45, 2.75) is 11.8 Å². The van der Waals surface area contributed by atoms with Gasteiger partial charge in [-0.25, -0.2) is 18.5 Å². The van der Waals surface area contributed by atoms with E-state index in [0.29, 0.717) is 16.4 Å². The number of aromatic nitrogens is 2. The second-order valence-corrected chi connectivity index (χ2v) is 9.80. The van der Waals surface area contributed by atoms with Gasteiger partial charge in [0, 0.05) is 5.56 Å². The lowest BCUT2D eigenvalue weighted by atomic mass is 10.2. The highest BCUT2D eigenvalue weighted by Gasteiger charge is 2.18. The Morgan fingerprint density at radius 3 is 2.46 bits per heavy atom. The number of anilines is 1. The first-order chi connectivity index (χ1) is 16.8. The summed E-state index contributed by atoms with van der Waals surface area (Å²) < 4.78 is 29.5. The third-order valence-electron chi connectivity index (χ3n) is 4.93. The van der Waals surface area contributed by atoms with E-state index in [1.165, 1.54) is 36.5 Å². The van der Waals surface area contributed by atoms with Crippen molar-refractivity contribution >= 4 is 51.0 Å². The zero-order valence-electron chi connectivity index (χ0n) is 18.3. The molecule has 3 aromatic carbocycles. The number of nitrogens with one attached hydrogen (secondary N) is 2. The van der Waals surface area contributed by atoms with Crippen molar-refractivity contribution < 1.29 is 13.2 Å². The Morgan fingerprint density at radius 1 is 1.00 bits per heavy atom. The van der Waals surface area contributed by atoms with Crippen LogP contribution >= 0.6 is 23.2 Å². The van der Waals surface area contributed by atoms with Gasteiger partial charge in [-0.05, 0) is 49.4 Å². The highest BCUT2D eigenvalue weighted by molar-refractivity contribution is 7.92. The fraction of sp³-hybridized carbons (Fsp3) is 0.0417. The van der Waals surface area contributed by atoms with E-state index >= 15 is 0 Å². The normalized spacial score (nSPS) is 11.5. The molecule has 0 saturated carbocycles. The van der Waals surface area contributed by atoms with Crippen LogP contribution < -0.4 is 10.1 Å². The predicted octanol–water partition coefficient (Wildman–Crippen LogP) is 5.05. The van der Waals surface area contributed by atoms with Crippen LogP contribution in [0.5, 0.6) is 0 Å². The number of benzene rings is 3. The minimum atomic E-state index is -3.97. The summed E-state index contributed by atoms with van der Waals surface area (Å²) in [5.74, 6) is -0.597. The largest absolute Gasteiger partial charge is 0.278 e. The number of sulfonamides is 1. The van der Waals surface area contributed by atoms with Gasteiger partial charge < -0.3 is 0 Å². The molecule has 0 radical (unpaired) electrons. The van der Waals surface area contributed by atoms with Crippen LogP contribution in [0.15, 0.2) is 88.9 Å². The molecule has 0 atom stereocenters. The number of hydrazone groups is 1. The topological polar surface area (TPSA) is 105 Å². The van der Waals surface area contributed by atoms with E-state index in [1.807, 2.05) is 30.3 Å². The van der Waals surface area contributed by atoms with Gasteiger partial charge in [0.15, 0.2) is 0 Å². The number of carbonyl (C=O) groups excluding carboxylic acids is 1. The molecule has 0 saturated heterocycles. The molecule has 8 nitrogen and oxygen atoms in total. The first-order valence-corrected chi connectivity index (χ1v) is 12.5. The maximum Gasteiger partial charge on any atom is 0.271 e. The molecule has 4 rings (SSSR count). The van der Waals surface area contributed by atoms with Crippen LogP contribution in [-0.2, 0) is 10.0 Å². The van der Waals surface area contributed by atoms with Crippen LogP contribution in [0.1, 0.15) is 21.6 Å². The molecule has 35 heavy (non-hydrogen) atoms. The second-order valence-electron chi connectivity index (χ2n) is 7.35. The van der Waals surface area contributed by atoms with Crippen LogP contribution in [0.4, 0.5) is 5.69 Å². The number of hydrogen-bond acceptors (Lipinski definition) is 5. The van der Waals surface area contributed by atoms with Gasteiger partial charge in [0.25, 0.3) is 15.9 Å². The Hall–Kier alpha value is -3.66. The standard InChI is InChI=1S/C24H19Cl2N5O3S/c1-16-20(23(26)31(29-16)18-9-3-2-4-10-18)15-27-28-24(32)17-8-7-11-19(14-17)35(33,34)30-22-13-6-5-12-21(22)25/h2-15,30H,1H3,(H,28,32)/b27-15+. The third kappa shape index (κ3) is 5.54. The van der Waals surface area contributed by atoms with Crippen molar-refractivity contribution in [1.82, 2.24) is 15.2 Å². The van der Waals surface area contributed by atoms with E-state index in [4.69, 9.17) is 23.2 Å². The summed E-state index contributed by atoms with van der Waals surface area (Å²) in [4.78, 5) is 12.5. The van der Waals surface area contributed by atoms with Crippen molar-refractivity contribution in [3.8, 4) is 5.69 Å². The average molecular weight is 528 g/mol. The summed E-state index contributed by atoms with van der Waals surface area (Å²) in [6.45, 7) is 1.77. The minimum absolute atomic E-state index is 0.0999. The summed E-state index contributed by atoms with van der Waals surface area (Å²) in [5, 5.41) is 8.98. The van der Waals surface area contributed by atoms with Crippen LogP contribution in [0.3, 0.4) is 0 Å². The molecule has 0 spiro atoms. The van der Waals surface area contributed by atoms with Crippen LogP contribution in [0, 0.1) is 6.92 Å². The van der Waals surface area contributed by atoms with Crippen molar-refractivity contribution in [3.05, 3.63) is 106 Å². The van der Waals surface area contributed by atoms with Gasteiger partial charge in [-0.15, -0.1) is 0 Å². The SMILES string of the molecule is Cc1nn(-c2ccccc2)c(Cl)c1/C=N/NC(=O)c1cccc(S(=O)(=O)Nc2ccccc2Cl)c1. The molecule has 1 heterocycles. The summed E-state index contributed by atoms with van der Waals surface area (Å²) >= 11 is 12.5. The number of rotatable bonds is 7. The lowest BCUT2D eigenvalue weighted by Gasteiger charge is -2.10. The quantitative estimate of drug-likeness (QED) is 0.259.